The molecule has 6 heteroatoms. The maximum atomic E-state index is 11.2. The van der Waals surface area contributed by atoms with E-state index in [0.717, 1.165) is 0 Å². The minimum absolute atomic E-state index is 0.0341. The lowest BCUT2D eigenvalue weighted by atomic mass is 10.3. The maximum Gasteiger partial charge on any atom is 0.287 e. The Kier molecular flexibility index (Phi) is 3.94. The topological polar surface area (TPSA) is 82.7 Å². The van der Waals surface area contributed by atoms with Crippen LogP contribution < -0.4 is 5.32 Å². The number of aliphatic hydroxyl groups excluding tert-OH is 2. The van der Waals surface area contributed by atoms with E-state index in [1.54, 1.807) is 0 Å². The average Bonchev–Trinajstić information content (AvgIpc) is 2.60. The van der Waals surface area contributed by atoms with E-state index in [-0.39, 0.29) is 17.5 Å². The van der Waals surface area contributed by atoms with Gasteiger partial charge in [0.1, 0.15) is 0 Å². The van der Waals surface area contributed by atoms with Crippen molar-refractivity contribution < 1.29 is 19.4 Å². The van der Waals surface area contributed by atoms with Gasteiger partial charge in [-0.05, 0) is 23.7 Å². The fourth-order valence-corrected chi connectivity index (χ4v) is 0.945. The molecule has 0 aliphatic carbocycles. The summed E-state index contributed by atoms with van der Waals surface area (Å²) in [6.45, 7) is -0.438. The van der Waals surface area contributed by atoms with Crippen molar-refractivity contribution in [2.24, 2.45) is 0 Å². The molecule has 0 radical (unpaired) electrons. The lowest BCUT2D eigenvalue weighted by molar-refractivity contribution is 0.0784. The fourth-order valence-electron chi connectivity index (χ4n) is 0.799. The number of hydrogen-bond acceptors (Lipinski definition) is 4. The van der Waals surface area contributed by atoms with Crippen LogP contribution in [-0.4, -0.2) is 35.4 Å². The van der Waals surface area contributed by atoms with E-state index in [0.29, 0.717) is 0 Å². The summed E-state index contributed by atoms with van der Waals surface area (Å²) >= 11 is 5.46. The summed E-state index contributed by atoms with van der Waals surface area (Å²) in [5.74, 6) is -0.412. The van der Waals surface area contributed by atoms with Crippen molar-refractivity contribution in [3.8, 4) is 0 Å². The summed E-state index contributed by atoms with van der Waals surface area (Å²) in [4.78, 5) is 11.2. The van der Waals surface area contributed by atoms with Crippen LogP contribution in [-0.2, 0) is 0 Å². The van der Waals surface area contributed by atoms with Gasteiger partial charge in [-0.3, -0.25) is 4.79 Å². The summed E-state index contributed by atoms with van der Waals surface area (Å²) < 4.78 is 4.82. The highest BCUT2D eigenvalue weighted by atomic mass is 35.5. The average molecular weight is 220 g/mol. The Morgan fingerprint density at radius 3 is 2.86 bits per heavy atom. The Morgan fingerprint density at radius 1 is 1.64 bits per heavy atom. The predicted octanol–water partition coefficient (Wildman–Crippen LogP) is 0.0160. The van der Waals surface area contributed by atoms with Crippen LogP contribution in [0.4, 0.5) is 0 Å². The molecule has 1 amide bonds. The van der Waals surface area contributed by atoms with E-state index in [2.05, 4.69) is 5.32 Å². The molecule has 0 spiro atoms. The molecule has 0 saturated carbocycles. The number of rotatable bonds is 4. The van der Waals surface area contributed by atoms with Crippen molar-refractivity contribution in [2.75, 3.05) is 13.2 Å². The molecule has 0 aliphatic rings. The predicted molar refractivity (Wildman–Crippen MR) is 49.1 cm³/mol. The van der Waals surface area contributed by atoms with Gasteiger partial charge in [0.05, 0.1) is 12.7 Å². The number of halogens is 1. The Hall–Kier alpha value is -1.04. The summed E-state index contributed by atoms with van der Waals surface area (Å²) in [6, 6.07) is 2.86. The summed E-state index contributed by atoms with van der Waals surface area (Å²) in [5, 5.41) is 19.9. The number of aliphatic hydroxyl groups is 2. The van der Waals surface area contributed by atoms with Crippen LogP contribution in [0.2, 0.25) is 5.22 Å². The third-order valence-electron chi connectivity index (χ3n) is 1.51. The van der Waals surface area contributed by atoms with E-state index >= 15 is 0 Å². The van der Waals surface area contributed by atoms with Crippen LogP contribution in [0.3, 0.4) is 0 Å². The zero-order chi connectivity index (χ0) is 10.6. The van der Waals surface area contributed by atoms with Crippen LogP contribution in [0.1, 0.15) is 10.6 Å². The lowest BCUT2D eigenvalue weighted by Gasteiger charge is -2.06. The molecular formula is C8H10ClNO4. The molecule has 1 aromatic heterocycles. The second-order valence-electron chi connectivity index (χ2n) is 2.65. The van der Waals surface area contributed by atoms with Crippen molar-refractivity contribution >= 4 is 17.5 Å². The Labute approximate surface area is 85.3 Å². The largest absolute Gasteiger partial charge is 0.440 e. The van der Waals surface area contributed by atoms with Gasteiger partial charge in [-0.2, -0.15) is 0 Å². The van der Waals surface area contributed by atoms with Crippen molar-refractivity contribution in [1.82, 2.24) is 5.32 Å². The van der Waals surface area contributed by atoms with Crippen molar-refractivity contribution in [1.29, 1.82) is 0 Å². The summed E-state index contributed by atoms with van der Waals surface area (Å²) in [6.07, 6.45) is -0.968. The molecule has 78 valence electrons. The van der Waals surface area contributed by atoms with Gasteiger partial charge in [0, 0.05) is 6.54 Å². The first-order chi connectivity index (χ1) is 6.63. The molecule has 0 aliphatic heterocycles. The van der Waals surface area contributed by atoms with Gasteiger partial charge in [0.15, 0.2) is 11.0 Å². The quantitative estimate of drug-likeness (QED) is 0.667. The van der Waals surface area contributed by atoms with Crippen molar-refractivity contribution in [3.05, 3.63) is 23.1 Å². The number of carbonyl (C=O) groups is 1. The first-order valence-corrected chi connectivity index (χ1v) is 4.33. The number of amides is 1. The van der Waals surface area contributed by atoms with E-state index in [1.807, 2.05) is 0 Å². The highest BCUT2D eigenvalue weighted by Gasteiger charge is 2.11. The van der Waals surface area contributed by atoms with Gasteiger partial charge in [-0.15, -0.1) is 0 Å². The van der Waals surface area contributed by atoms with Crippen molar-refractivity contribution in [2.45, 2.75) is 6.10 Å². The highest BCUT2D eigenvalue weighted by Crippen LogP contribution is 2.12. The molecule has 0 fully saturated rings. The molecule has 0 saturated heterocycles. The van der Waals surface area contributed by atoms with Crippen LogP contribution in [0.25, 0.3) is 0 Å². The second-order valence-corrected chi connectivity index (χ2v) is 3.02. The maximum absolute atomic E-state index is 11.2. The van der Waals surface area contributed by atoms with Crippen LogP contribution in [0.5, 0.6) is 0 Å². The van der Waals surface area contributed by atoms with Gasteiger partial charge in [0.25, 0.3) is 5.91 Å². The second kappa shape index (κ2) is 4.99. The zero-order valence-corrected chi connectivity index (χ0v) is 7.99. The molecule has 0 bridgehead atoms. The summed E-state index contributed by atoms with van der Waals surface area (Å²) in [7, 11) is 0. The van der Waals surface area contributed by atoms with E-state index in [1.165, 1.54) is 12.1 Å². The molecule has 1 rings (SSSR count). The molecule has 14 heavy (non-hydrogen) atoms. The lowest BCUT2D eigenvalue weighted by Crippen LogP contribution is -2.33. The van der Waals surface area contributed by atoms with E-state index in [9.17, 15) is 4.79 Å². The van der Waals surface area contributed by atoms with Gasteiger partial charge >= 0.3 is 0 Å². The first-order valence-electron chi connectivity index (χ1n) is 3.96. The normalized spacial score (nSPS) is 12.5. The standard InChI is InChI=1S/C8H10ClNO4/c9-7-2-1-6(14-7)8(13)10-3-5(12)4-11/h1-2,5,11-12H,3-4H2,(H,10,13). The molecular weight excluding hydrogens is 210 g/mol. The van der Waals surface area contributed by atoms with Crippen LogP contribution >= 0.6 is 11.6 Å². The van der Waals surface area contributed by atoms with Gasteiger partial charge in [-0.1, -0.05) is 0 Å². The Morgan fingerprint density at radius 2 is 2.36 bits per heavy atom. The number of carbonyl (C=O) groups excluding carboxylic acids is 1. The molecule has 5 nitrogen and oxygen atoms in total. The molecule has 3 N–H and O–H groups in total. The Balaban J connectivity index is 2.43. The van der Waals surface area contributed by atoms with E-state index in [4.69, 9.17) is 26.2 Å². The molecule has 1 heterocycles. The van der Waals surface area contributed by atoms with Crippen LogP contribution in [0.15, 0.2) is 16.5 Å². The number of nitrogens with one attached hydrogen (secondary N) is 1. The number of furan rings is 1. The van der Waals surface area contributed by atoms with Gasteiger partial charge in [0.2, 0.25) is 0 Å². The highest BCUT2D eigenvalue weighted by molar-refractivity contribution is 6.29. The smallest absolute Gasteiger partial charge is 0.287 e. The van der Waals surface area contributed by atoms with E-state index < -0.39 is 18.6 Å². The molecule has 1 aromatic rings. The third-order valence-corrected chi connectivity index (χ3v) is 1.71. The molecule has 0 aromatic carbocycles. The zero-order valence-electron chi connectivity index (χ0n) is 7.24. The monoisotopic (exact) mass is 219 g/mol. The van der Waals surface area contributed by atoms with Crippen LogP contribution in [0, 0.1) is 0 Å². The minimum Gasteiger partial charge on any atom is -0.440 e. The third kappa shape index (κ3) is 3.02. The molecule has 1 atom stereocenters. The molecule has 1 unspecified atom stereocenters. The first kappa shape index (κ1) is 11.0. The SMILES string of the molecule is O=C(NCC(O)CO)c1ccc(Cl)o1. The van der Waals surface area contributed by atoms with Crippen molar-refractivity contribution in [3.63, 3.8) is 0 Å². The minimum atomic E-state index is -0.968. The number of hydrogen-bond donors (Lipinski definition) is 3. The summed E-state index contributed by atoms with van der Waals surface area (Å²) in [5.41, 5.74) is 0. The fraction of sp³-hybridized carbons (Fsp3) is 0.375. The van der Waals surface area contributed by atoms with Gasteiger partial charge in [-0.25, -0.2) is 0 Å². The van der Waals surface area contributed by atoms with Gasteiger partial charge < -0.3 is 19.9 Å². The Bertz CT molecular complexity index is 312.